The molecule has 4 rings (SSSR count). The minimum Gasteiger partial charge on any atom is -0.370 e. The summed E-state index contributed by atoms with van der Waals surface area (Å²) in [5, 5.41) is 28.3. The zero-order chi connectivity index (χ0) is 21.4. The van der Waals surface area contributed by atoms with Gasteiger partial charge in [-0.2, -0.15) is 15.8 Å². The molecule has 3 heterocycles. The van der Waals surface area contributed by atoms with E-state index in [0.717, 1.165) is 0 Å². The number of fused-ring (bicyclic) bond motifs is 6. The van der Waals surface area contributed by atoms with Crippen molar-refractivity contribution in [2.45, 2.75) is 0 Å². The molecule has 0 aliphatic rings. The molecule has 0 saturated heterocycles. The van der Waals surface area contributed by atoms with Gasteiger partial charge in [0.1, 0.15) is 29.2 Å². The quantitative estimate of drug-likeness (QED) is 0.331. The summed E-state index contributed by atoms with van der Waals surface area (Å²) in [4.78, 5) is 30.5. The summed E-state index contributed by atoms with van der Waals surface area (Å²) < 4.78 is 0. The lowest BCUT2D eigenvalue weighted by Gasteiger charge is -2.05. The van der Waals surface area contributed by atoms with E-state index in [2.05, 4.69) is 39.5 Å². The lowest BCUT2D eigenvalue weighted by molar-refractivity contribution is 1.24. The number of nitriles is 3. The average Bonchev–Trinajstić information content (AvgIpc) is 2.81. The van der Waals surface area contributed by atoms with Gasteiger partial charge < -0.3 is 14.5 Å². The molecule has 0 bridgehead atoms. The highest BCUT2D eigenvalue weighted by atomic mass is 15.0. The normalized spacial score (nSPS) is 9.80. The molecule has 1 aromatic carbocycles. The van der Waals surface area contributed by atoms with Crippen LogP contribution in [0.3, 0.4) is 0 Å². The van der Waals surface area contributed by atoms with Crippen molar-refractivity contribution in [3.63, 3.8) is 0 Å². The Morgan fingerprint density at radius 3 is 1.63 bits per heavy atom. The van der Waals surface area contributed by atoms with Crippen LogP contribution in [0.5, 0.6) is 0 Å². The molecule has 0 unspecified atom stereocenters. The molecule has 0 N–H and O–H groups in total. The van der Waals surface area contributed by atoms with E-state index in [1.165, 1.54) is 6.07 Å². The summed E-state index contributed by atoms with van der Waals surface area (Å²) in [6.45, 7) is 21.8. The molecule has 3 aromatic heterocycles. The average molecular weight is 383 g/mol. The van der Waals surface area contributed by atoms with Crippen molar-refractivity contribution in [2.24, 2.45) is 0 Å². The molecule has 0 amide bonds. The smallest absolute Gasteiger partial charge is 0.307 e. The van der Waals surface area contributed by atoms with Gasteiger partial charge in [0.25, 0.3) is 17.2 Å². The maximum Gasteiger partial charge on any atom is 0.307 e. The van der Waals surface area contributed by atoms with Gasteiger partial charge in [-0.1, -0.05) is 19.7 Å². The molecule has 11 nitrogen and oxygen atoms in total. The van der Waals surface area contributed by atoms with E-state index in [4.69, 9.17) is 19.7 Å². The number of hydrogen-bond donors (Lipinski definition) is 0. The Balaban J connectivity index is 2.42. The molecule has 132 valence electrons. The lowest BCUT2D eigenvalue weighted by atomic mass is 10.1. The van der Waals surface area contributed by atoms with Crippen LogP contribution in [0, 0.1) is 53.7 Å². The van der Waals surface area contributed by atoms with Crippen LogP contribution in [0.2, 0.25) is 0 Å². The lowest BCUT2D eigenvalue weighted by Crippen LogP contribution is -1.99. The van der Waals surface area contributed by atoms with Crippen LogP contribution in [0.25, 0.3) is 47.5 Å². The Bertz CT molecular complexity index is 1350. The Morgan fingerprint density at radius 1 is 0.600 bits per heavy atom. The molecule has 0 saturated carbocycles. The molecule has 0 aliphatic carbocycles. The summed E-state index contributed by atoms with van der Waals surface area (Å²) >= 11 is 0. The van der Waals surface area contributed by atoms with Gasteiger partial charge in [-0.15, -0.1) is 15.0 Å². The van der Waals surface area contributed by atoms with Crippen LogP contribution in [0.4, 0.5) is 17.5 Å². The molecule has 0 atom stereocenters. The molecular formula is C19HN11. The third kappa shape index (κ3) is 2.29. The van der Waals surface area contributed by atoms with Crippen molar-refractivity contribution >= 4 is 50.4 Å². The first-order valence-corrected chi connectivity index (χ1v) is 7.83. The third-order valence-corrected chi connectivity index (χ3v) is 4.11. The van der Waals surface area contributed by atoms with Gasteiger partial charge in [0, 0.05) is 0 Å². The number of rotatable bonds is 0. The third-order valence-electron chi connectivity index (χ3n) is 4.11. The zero-order valence-corrected chi connectivity index (χ0v) is 14.5. The Labute approximate surface area is 167 Å². The highest BCUT2D eigenvalue weighted by Gasteiger charge is 2.27. The van der Waals surface area contributed by atoms with Crippen LogP contribution < -0.4 is 0 Å². The number of hydrogen-bond acceptors (Lipinski definition) is 8. The predicted molar refractivity (Wildman–Crippen MR) is 101 cm³/mol. The van der Waals surface area contributed by atoms with Crippen LogP contribution in [-0.2, 0) is 0 Å². The molecule has 0 fully saturated rings. The fourth-order valence-electron chi connectivity index (χ4n) is 2.88. The van der Waals surface area contributed by atoms with Crippen LogP contribution in [0.1, 0.15) is 17.0 Å². The largest absolute Gasteiger partial charge is 0.370 e. The molecular weight excluding hydrogens is 382 g/mol. The van der Waals surface area contributed by atoms with Gasteiger partial charge in [0.05, 0.1) is 10.9 Å². The van der Waals surface area contributed by atoms with Crippen molar-refractivity contribution in [3.05, 3.63) is 57.3 Å². The highest BCUT2D eigenvalue weighted by molar-refractivity contribution is 6.20. The summed E-state index contributed by atoms with van der Waals surface area (Å²) in [6.07, 6.45) is 0. The summed E-state index contributed by atoms with van der Waals surface area (Å²) in [5.74, 6) is -0.802. The van der Waals surface area contributed by atoms with Crippen LogP contribution in [-0.4, -0.2) is 24.9 Å². The maximum absolute atomic E-state index is 9.36. The Kier molecular flexibility index (Phi) is 3.79. The van der Waals surface area contributed by atoms with Gasteiger partial charge in [0.2, 0.25) is 11.0 Å². The topological polar surface area (TPSA) is 149 Å². The van der Waals surface area contributed by atoms with Crippen LogP contribution in [0.15, 0.2) is 6.07 Å². The standard InChI is InChI=1S/C19HN11/c1-23-17-11(7-22)27-14-12-9(4-8(5-20)10(6-21)26-12)13-15(16(14)29-17)30-19(25-3)18(24-2)28-13/h4H. The number of benzene rings is 1. The van der Waals surface area contributed by atoms with E-state index >= 15 is 0 Å². The zero-order valence-electron chi connectivity index (χ0n) is 14.5. The second kappa shape index (κ2) is 6.45. The predicted octanol–water partition coefficient (Wildman–Crippen LogP) is 3.39. The Morgan fingerprint density at radius 2 is 1.07 bits per heavy atom. The molecule has 0 radical (unpaired) electrons. The van der Waals surface area contributed by atoms with Crippen molar-refractivity contribution in [3.8, 4) is 18.2 Å². The van der Waals surface area contributed by atoms with Crippen molar-refractivity contribution < 1.29 is 0 Å². The van der Waals surface area contributed by atoms with E-state index in [0.29, 0.717) is 0 Å². The van der Waals surface area contributed by atoms with Crippen molar-refractivity contribution in [1.29, 1.82) is 15.8 Å². The molecule has 0 spiro atoms. The first-order valence-electron chi connectivity index (χ1n) is 7.83. The number of pyridine rings is 1. The van der Waals surface area contributed by atoms with E-state index < -0.39 is 0 Å². The van der Waals surface area contributed by atoms with Crippen molar-refractivity contribution in [2.75, 3.05) is 0 Å². The maximum atomic E-state index is 9.36. The van der Waals surface area contributed by atoms with Gasteiger partial charge in [-0.05, 0) is 6.07 Å². The fraction of sp³-hybridized carbons (Fsp3) is 0. The minimum atomic E-state index is -0.278. The Hall–Kier alpha value is -5.75. The van der Waals surface area contributed by atoms with E-state index in [-0.39, 0.29) is 67.4 Å². The second-order valence-electron chi connectivity index (χ2n) is 5.61. The van der Waals surface area contributed by atoms with Crippen molar-refractivity contribution in [1.82, 2.24) is 24.9 Å². The summed E-state index contributed by atoms with van der Waals surface area (Å²) in [5.41, 5.74) is -0.0738. The summed E-state index contributed by atoms with van der Waals surface area (Å²) in [7, 11) is 0. The highest BCUT2D eigenvalue weighted by Crippen LogP contribution is 2.36. The fourth-order valence-corrected chi connectivity index (χ4v) is 2.88. The number of aromatic nitrogens is 5. The minimum absolute atomic E-state index is 0.0303. The molecule has 0 aliphatic heterocycles. The van der Waals surface area contributed by atoms with Gasteiger partial charge >= 0.3 is 5.82 Å². The molecule has 11 heteroatoms. The van der Waals surface area contributed by atoms with E-state index in [1.54, 1.807) is 6.07 Å². The molecule has 30 heavy (non-hydrogen) atoms. The van der Waals surface area contributed by atoms with Gasteiger partial charge in [-0.25, -0.2) is 9.97 Å². The second-order valence-corrected chi connectivity index (χ2v) is 5.61. The summed E-state index contributed by atoms with van der Waals surface area (Å²) in [6, 6.07) is 6.84. The first kappa shape index (κ1) is 17.7. The van der Waals surface area contributed by atoms with Gasteiger partial charge in [0.15, 0.2) is 11.4 Å². The van der Waals surface area contributed by atoms with Crippen LogP contribution >= 0.6 is 0 Å². The SMILES string of the molecule is [C-]#[N+]c1nc2c(nc1C#N)c1nc(C#N)c(C#N)cc1c1nc([N+]#[C-])c([N+]#[C-])nc12. The van der Waals surface area contributed by atoms with E-state index in [9.17, 15) is 15.8 Å². The number of nitrogens with zero attached hydrogens (tertiary/aromatic N) is 11. The monoisotopic (exact) mass is 383 g/mol. The first-order chi connectivity index (χ1) is 14.6. The molecule has 4 aromatic rings. The van der Waals surface area contributed by atoms with E-state index in [1.807, 2.05) is 12.1 Å². The van der Waals surface area contributed by atoms with Gasteiger partial charge in [-0.3, -0.25) is 0 Å².